The summed E-state index contributed by atoms with van der Waals surface area (Å²) in [5.74, 6) is 0.857. The molecule has 19 heavy (non-hydrogen) atoms. The molecule has 0 saturated heterocycles. The van der Waals surface area contributed by atoms with Crippen LogP contribution in [-0.2, 0) is 6.61 Å². The van der Waals surface area contributed by atoms with Crippen LogP contribution in [-0.4, -0.2) is 9.97 Å². The molecule has 0 aliphatic rings. The Morgan fingerprint density at radius 1 is 0.947 bits per heavy atom. The summed E-state index contributed by atoms with van der Waals surface area (Å²) in [4.78, 5) is 7.15. The van der Waals surface area contributed by atoms with Gasteiger partial charge >= 0.3 is 0 Å². The first-order valence-corrected chi connectivity index (χ1v) is 6.18. The lowest BCUT2D eigenvalue weighted by Gasteiger charge is -2.10. The normalized spacial score (nSPS) is 10.3. The molecule has 0 aliphatic carbocycles. The molecule has 0 saturated carbocycles. The number of H-pyrrole nitrogens is 1. The fraction of sp³-hybridized carbons (Fsp3) is 0.0625. The number of hydrogen-bond acceptors (Lipinski definition) is 2. The smallest absolute Gasteiger partial charge is 0.129 e. The molecule has 1 heterocycles. The molecule has 1 N–H and O–H groups in total. The topological polar surface area (TPSA) is 37.9 Å². The quantitative estimate of drug-likeness (QED) is 0.767. The van der Waals surface area contributed by atoms with Crippen LogP contribution in [0.2, 0.25) is 0 Å². The molecule has 94 valence electrons. The van der Waals surface area contributed by atoms with Crippen molar-refractivity contribution in [3.05, 3.63) is 72.7 Å². The van der Waals surface area contributed by atoms with Gasteiger partial charge in [-0.15, -0.1) is 0 Å². The number of hydrogen-bond donors (Lipinski definition) is 1. The summed E-state index contributed by atoms with van der Waals surface area (Å²) in [7, 11) is 0. The third kappa shape index (κ3) is 2.65. The third-order valence-electron chi connectivity index (χ3n) is 2.91. The summed E-state index contributed by atoms with van der Waals surface area (Å²) in [5, 5.41) is 0. The van der Waals surface area contributed by atoms with E-state index in [0.29, 0.717) is 6.61 Å². The Morgan fingerprint density at radius 3 is 2.53 bits per heavy atom. The largest absolute Gasteiger partial charge is 0.488 e. The molecular weight excluding hydrogens is 236 g/mol. The molecule has 0 aliphatic heterocycles. The van der Waals surface area contributed by atoms with Crippen molar-refractivity contribution in [1.82, 2.24) is 9.97 Å². The number of imidazole rings is 1. The summed E-state index contributed by atoms with van der Waals surface area (Å²) < 4.78 is 5.90. The number of aromatic amines is 1. The van der Waals surface area contributed by atoms with Gasteiger partial charge in [0.25, 0.3) is 0 Å². The van der Waals surface area contributed by atoms with Crippen LogP contribution in [0.3, 0.4) is 0 Å². The molecular formula is C16H14N2O. The fourth-order valence-electron chi connectivity index (χ4n) is 1.95. The van der Waals surface area contributed by atoms with E-state index in [0.717, 1.165) is 22.6 Å². The summed E-state index contributed by atoms with van der Waals surface area (Å²) in [6, 6.07) is 18.1. The van der Waals surface area contributed by atoms with E-state index in [9.17, 15) is 0 Å². The highest BCUT2D eigenvalue weighted by Crippen LogP contribution is 2.28. The Labute approximate surface area is 111 Å². The molecule has 0 amide bonds. The van der Waals surface area contributed by atoms with Crippen LogP contribution >= 0.6 is 0 Å². The van der Waals surface area contributed by atoms with Gasteiger partial charge in [-0.1, -0.05) is 42.5 Å². The number of para-hydroxylation sites is 1. The van der Waals surface area contributed by atoms with E-state index in [-0.39, 0.29) is 0 Å². The Hall–Kier alpha value is -2.55. The minimum absolute atomic E-state index is 0.561. The first kappa shape index (κ1) is 11.5. The summed E-state index contributed by atoms with van der Waals surface area (Å²) in [6.07, 6.45) is 3.47. The van der Waals surface area contributed by atoms with Gasteiger partial charge in [0.15, 0.2) is 0 Å². The van der Waals surface area contributed by atoms with Crippen LogP contribution in [0.1, 0.15) is 5.56 Å². The minimum atomic E-state index is 0.561. The van der Waals surface area contributed by atoms with Crippen LogP contribution in [0.5, 0.6) is 5.75 Å². The maximum Gasteiger partial charge on any atom is 0.129 e. The molecule has 0 spiro atoms. The van der Waals surface area contributed by atoms with Gasteiger partial charge in [-0.05, 0) is 17.7 Å². The molecule has 0 bridgehead atoms. The van der Waals surface area contributed by atoms with E-state index in [1.54, 1.807) is 12.5 Å². The zero-order valence-corrected chi connectivity index (χ0v) is 10.4. The van der Waals surface area contributed by atoms with Gasteiger partial charge in [0, 0.05) is 5.56 Å². The van der Waals surface area contributed by atoms with Crippen LogP contribution in [0.25, 0.3) is 11.3 Å². The Morgan fingerprint density at radius 2 is 1.74 bits per heavy atom. The molecule has 0 unspecified atom stereocenters. The number of rotatable bonds is 4. The molecule has 3 rings (SSSR count). The first-order chi connectivity index (χ1) is 9.43. The lowest BCUT2D eigenvalue weighted by molar-refractivity contribution is 0.307. The molecule has 3 aromatic rings. The van der Waals surface area contributed by atoms with Crippen molar-refractivity contribution in [3.63, 3.8) is 0 Å². The van der Waals surface area contributed by atoms with Gasteiger partial charge in [0.2, 0.25) is 0 Å². The molecule has 3 heteroatoms. The number of nitrogens with zero attached hydrogens (tertiary/aromatic N) is 1. The van der Waals surface area contributed by atoms with Gasteiger partial charge in [0.1, 0.15) is 12.4 Å². The highest BCUT2D eigenvalue weighted by Gasteiger charge is 2.06. The van der Waals surface area contributed by atoms with E-state index in [1.165, 1.54) is 0 Å². The van der Waals surface area contributed by atoms with Crippen molar-refractivity contribution in [2.45, 2.75) is 6.61 Å². The highest BCUT2D eigenvalue weighted by molar-refractivity contribution is 5.66. The minimum Gasteiger partial charge on any atom is -0.488 e. The van der Waals surface area contributed by atoms with E-state index in [1.807, 2.05) is 42.5 Å². The molecule has 0 atom stereocenters. The van der Waals surface area contributed by atoms with Gasteiger partial charge in [-0.3, -0.25) is 0 Å². The van der Waals surface area contributed by atoms with E-state index in [4.69, 9.17) is 4.74 Å². The van der Waals surface area contributed by atoms with Gasteiger partial charge in [-0.25, -0.2) is 4.98 Å². The van der Waals surface area contributed by atoms with Crippen molar-refractivity contribution >= 4 is 0 Å². The highest BCUT2D eigenvalue weighted by atomic mass is 16.5. The standard InChI is InChI=1S/C16H14N2O/c1-2-6-13(7-3-1)11-19-16-9-5-4-8-14(16)15-10-17-12-18-15/h1-10,12H,11H2,(H,17,18). The number of ether oxygens (including phenoxy) is 1. The van der Waals surface area contributed by atoms with Crippen LogP contribution in [0.15, 0.2) is 67.1 Å². The lowest BCUT2D eigenvalue weighted by Crippen LogP contribution is -1.96. The molecule has 0 radical (unpaired) electrons. The van der Waals surface area contributed by atoms with Gasteiger partial charge in [0.05, 0.1) is 18.2 Å². The van der Waals surface area contributed by atoms with Crippen molar-refractivity contribution in [3.8, 4) is 17.0 Å². The molecule has 0 fully saturated rings. The Balaban J connectivity index is 1.82. The molecule has 2 aromatic carbocycles. The van der Waals surface area contributed by atoms with Gasteiger partial charge < -0.3 is 9.72 Å². The predicted molar refractivity (Wildman–Crippen MR) is 74.8 cm³/mol. The first-order valence-electron chi connectivity index (χ1n) is 6.18. The van der Waals surface area contributed by atoms with E-state index < -0.39 is 0 Å². The number of benzene rings is 2. The number of aromatic nitrogens is 2. The Kier molecular flexibility index (Phi) is 3.28. The second-order valence-electron chi connectivity index (χ2n) is 4.24. The zero-order chi connectivity index (χ0) is 12.9. The lowest BCUT2D eigenvalue weighted by atomic mass is 10.1. The summed E-state index contributed by atoms with van der Waals surface area (Å²) >= 11 is 0. The van der Waals surface area contributed by atoms with Gasteiger partial charge in [-0.2, -0.15) is 0 Å². The average molecular weight is 250 g/mol. The summed E-state index contributed by atoms with van der Waals surface area (Å²) in [5.41, 5.74) is 3.14. The van der Waals surface area contributed by atoms with Crippen LogP contribution in [0, 0.1) is 0 Å². The zero-order valence-electron chi connectivity index (χ0n) is 10.4. The Bertz CT molecular complexity index is 633. The average Bonchev–Trinajstić information content (AvgIpc) is 3.01. The third-order valence-corrected chi connectivity index (χ3v) is 2.91. The van der Waals surface area contributed by atoms with E-state index in [2.05, 4.69) is 22.1 Å². The van der Waals surface area contributed by atoms with Crippen molar-refractivity contribution < 1.29 is 4.74 Å². The van der Waals surface area contributed by atoms with Crippen molar-refractivity contribution in [1.29, 1.82) is 0 Å². The number of nitrogens with one attached hydrogen (secondary N) is 1. The van der Waals surface area contributed by atoms with Crippen LogP contribution in [0.4, 0.5) is 0 Å². The maximum atomic E-state index is 5.90. The predicted octanol–water partition coefficient (Wildman–Crippen LogP) is 3.66. The summed E-state index contributed by atoms with van der Waals surface area (Å²) in [6.45, 7) is 0.561. The SMILES string of the molecule is c1ccc(COc2ccccc2-c2cnc[nH]2)cc1. The monoisotopic (exact) mass is 250 g/mol. The van der Waals surface area contributed by atoms with Crippen molar-refractivity contribution in [2.75, 3.05) is 0 Å². The van der Waals surface area contributed by atoms with E-state index >= 15 is 0 Å². The second-order valence-corrected chi connectivity index (χ2v) is 4.24. The second kappa shape index (κ2) is 5.40. The maximum absolute atomic E-state index is 5.90. The molecule has 3 nitrogen and oxygen atoms in total. The van der Waals surface area contributed by atoms with Crippen LogP contribution < -0.4 is 4.74 Å². The van der Waals surface area contributed by atoms with Crippen molar-refractivity contribution in [2.24, 2.45) is 0 Å². The fourth-order valence-corrected chi connectivity index (χ4v) is 1.95. The molecule has 1 aromatic heterocycles.